The lowest BCUT2D eigenvalue weighted by atomic mass is 10.1. The molecule has 0 heterocycles. The molecule has 0 spiro atoms. The van der Waals surface area contributed by atoms with Crippen molar-refractivity contribution in [1.29, 1.82) is 0 Å². The normalized spacial score (nSPS) is 14.3. The summed E-state index contributed by atoms with van der Waals surface area (Å²) in [4.78, 5) is 0. The molecule has 0 saturated carbocycles. The van der Waals surface area contributed by atoms with Gasteiger partial charge in [0.1, 0.15) is 0 Å². The van der Waals surface area contributed by atoms with Crippen molar-refractivity contribution in [3.63, 3.8) is 0 Å². The molecule has 2 unspecified atom stereocenters. The van der Waals surface area contributed by atoms with Crippen LogP contribution in [0.1, 0.15) is 129 Å². The minimum Gasteiger partial charge on any atom is -0.356 e. The molecule has 204 valence electrons. The molecule has 0 aromatic rings. The van der Waals surface area contributed by atoms with E-state index >= 15 is 0 Å². The van der Waals surface area contributed by atoms with Crippen molar-refractivity contribution in [2.24, 2.45) is 0 Å². The number of allylic oxidation sites excluding steroid dienone is 8. The summed E-state index contributed by atoms with van der Waals surface area (Å²) in [5.41, 5.74) is 0. The maximum Gasteiger partial charge on any atom is 0.160 e. The van der Waals surface area contributed by atoms with Crippen LogP contribution in [0.15, 0.2) is 48.6 Å². The Morgan fingerprint density at radius 2 is 0.743 bits per heavy atom. The largest absolute Gasteiger partial charge is 0.356 e. The lowest BCUT2D eigenvalue weighted by molar-refractivity contribution is -0.232. The van der Waals surface area contributed by atoms with Gasteiger partial charge in [0.2, 0.25) is 0 Å². The van der Waals surface area contributed by atoms with Gasteiger partial charge in [-0.1, -0.05) is 88.1 Å². The van der Waals surface area contributed by atoms with E-state index in [4.69, 9.17) is 14.2 Å². The summed E-state index contributed by atoms with van der Waals surface area (Å²) in [7, 11) is 3.43. The molecular weight excluding hydrogens is 432 g/mol. The van der Waals surface area contributed by atoms with Gasteiger partial charge in [-0.05, 0) is 77.0 Å². The van der Waals surface area contributed by atoms with Gasteiger partial charge in [-0.3, -0.25) is 0 Å². The van der Waals surface area contributed by atoms with E-state index in [2.05, 4.69) is 62.5 Å². The Bertz CT molecular complexity index is 475. The minimum atomic E-state index is -0.219. The molecule has 0 amide bonds. The molecule has 35 heavy (non-hydrogen) atoms. The van der Waals surface area contributed by atoms with Crippen LogP contribution in [0.4, 0.5) is 0 Å². The number of methoxy groups -OCH3 is 2. The molecule has 0 aromatic carbocycles. The van der Waals surface area contributed by atoms with Gasteiger partial charge in [-0.25, -0.2) is 0 Å². The fourth-order valence-corrected chi connectivity index (χ4v) is 3.79. The molecule has 0 aliphatic heterocycles. The first kappa shape index (κ1) is 33.8. The van der Waals surface area contributed by atoms with Crippen molar-refractivity contribution in [3.8, 4) is 0 Å². The molecule has 0 rings (SSSR count). The van der Waals surface area contributed by atoms with Gasteiger partial charge >= 0.3 is 0 Å². The quantitative estimate of drug-likeness (QED) is 0.0685. The van der Waals surface area contributed by atoms with Crippen molar-refractivity contribution in [3.05, 3.63) is 48.6 Å². The molecule has 0 bridgehead atoms. The van der Waals surface area contributed by atoms with Gasteiger partial charge in [0.25, 0.3) is 0 Å². The van der Waals surface area contributed by atoms with Gasteiger partial charge in [0.05, 0.1) is 0 Å². The van der Waals surface area contributed by atoms with Gasteiger partial charge in [-0.15, -0.1) is 0 Å². The van der Waals surface area contributed by atoms with Gasteiger partial charge in [0, 0.05) is 27.1 Å². The minimum absolute atomic E-state index is 0.219. The zero-order valence-electron chi connectivity index (χ0n) is 23.7. The van der Waals surface area contributed by atoms with Crippen molar-refractivity contribution in [2.45, 2.75) is 142 Å². The molecule has 0 N–H and O–H groups in total. The Balaban J connectivity index is 3.82. The van der Waals surface area contributed by atoms with E-state index < -0.39 is 0 Å². The van der Waals surface area contributed by atoms with Crippen molar-refractivity contribution >= 4 is 0 Å². The molecule has 0 aliphatic rings. The van der Waals surface area contributed by atoms with E-state index in [1.54, 1.807) is 14.2 Å². The van der Waals surface area contributed by atoms with Gasteiger partial charge in [-0.2, -0.15) is 0 Å². The van der Waals surface area contributed by atoms with Crippen LogP contribution in [-0.4, -0.2) is 26.8 Å². The second-order valence-corrected chi connectivity index (χ2v) is 9.36. The number of ether oxygens (including phenoxy) is 3. The number of unbranched alkanes of at least 4 members (excludes halogenated alkanes) is 10. The lowest BCUT2D eigenvalue weighted by Gasteiger charge is -2.22. The highest BCUT2D eigenvalue weighted by molar-refractivity contribution is 4.87. The molecule has 3 nitrogen and oxygen atoms in total. The third-order valence-electron chi connectivity index (χ3n) is 6.07. The standard InChI is InChI=1S/C32H58O3/c1-5-7-9-11-13-15-17-19-21-23-25-27-29-31(33-3)35-32(34-4)30-28-26-24-22-20-18-16-14-12-10-8-6-2/h13-16,23-26,31-32H,5-12,17-22,27-30H2,1-4H3/b15-13+,16-14+,25-23+,26-24+. The average Bonchev–Trinajstić information content (AvgIpc) is 2.88. The van der Waals surface area contributed by atoms with E-state index in [9.17, 15) is 0 Å². The van der Waals surface area contributed by atoms with Crippen LogP contribution in [-0.2, 0) is 14.2 Å². The smallest absolute Gasteiger partial charge is 0.160 e. The van der Waals surface area contributed by atoms with Crippen LogP contribution >= 0.6 is 0 Å². The molecule has 0 aliphatic carbocycles. The maximum absolute atomic E-state index is 6.02. The number of hydrogen-bond acceptors (Lipinski definition) is 3. The Morgan fingerprint density at radius 3 is 1.06 bits per heavy atom. The summed E-state index contributed by atoms with van der Waals surface area (Å²) in [5, 5.41) is 0. The molecule has 2 atom stereocenters. The Morgan fingerprint density at radius 1 is 0.429 bits per heavy atom. The zero-order valence-corrected chi connectivity index (χ0v) is 23.7. The molecule has 0 aromatic heterocycles. The third kappa shape index (κ3) is 25.7. The predicted octanol–water partition coefficient (Wildman–Crippen LogP) is 10.2. The topological polar surface area (TPSA) is 27.7 Å². The van der Waals surface area contributed by atoms with Gasteiger partial charge in [0.15, 0.2) is 12.6 Å². The summed E-state index contributed by atoms with van der Waals surface area (Å²) in [5.74, 6) is 0. The Kier molecular flexibility index (Phi) is 28.1. The van der Waals surface area contributed by atoms with E-state index in [0.29, 0.717) is 0 Å². The molecular formula is C32H58O3. The fourth-order valence-electron chi connectivity index (χ4n) is 3.79. The van der Waals surface area contributed by atoms with Crippen molar-refractivity contribution in [1.82, 2.24) is 0 Å². The summed E-state index contributed by atoms with van der Waals surface area (Å²) in [6.45, 7) is 4.51. The van der Waals surface area contributed by atoms with E-state index in [1.165, 1.54) is 77.0 Å². The van der Waals surface area contributed by atoms with Crippen LogP contribution in [0.5, 0.6) is 0 Å². The molecule has 0 fully saturated rings. The first-order chi connectivity index (χ1) is 17.3. The average molecular weight is 491 g/mol. The van der Waals surface area contributed by atoms with Crippen molar-refractivity contribution < 1.29 is 14.2 Å². The van der Waals surface area contributed by atoms with Crippen LogP contribution < -0.4 is 0 Å². The van der Waals surface area contributed by atoms with E-state index in [1.807, 2.05) is 0 Å². The highest BCUT2D eigenvalue weighted by atomic mass is 16.8. The van der Waals surface area contributed by atoms with Crippen LogP contribution in [0.25, 0.3) is 0 Å². The Hall–Kier alpha value is -1.16. The van der Waals surface area contributed by atoms with Crippen molar-refractivity contribution in [2.75, 3.05) is 14.2 Å². The lowest BCUT2D eigenvalue weighted by Crippen LogP contribution is -2.25. The second kappa shape index (κ2) is 29.1. The SMILES string of the molecule is CCCCC/C=C/CCC/C=C/CCC(OC)OC(CC/C=C/CCC/C=C/CCCCC)OC. The highest BCUT2D eigenvalue weighted by Crippen LogP contribution is 2.13. The number of hydrogen-bond donors (Lipinski definition) is 0. The first-order valence-corrected chi connectivity index (χ1v) is 14.6. The fraction of sp³-hybridized carbons (Fsp3) is 0.750. The van der Waals surface area contributed by atoms with Crippen LogP contribution in [0, 0.1) is 0 Å². The highest BCUT2D eigenvalue weighted by Gasteiger charge is 2.14. The molecule has 3 heteroatoms. The van der Waals surface area contributed by atoms with Gasteiger partial charge < -0.3 is 14.2 Å². The predicted molar refractivity (Wildman–Crippen MR) is 154 cm³/mol. The van der Waals surface area contributed by atoms with E-state index in [0.717, 1.165) is 38.5 Å². The van der Waals surface area contributed by atoms with E-state index in [-0.39, 0.29) is 12.6 Å². The number of rotatable bonds is 26. The Labute approximate surface area is 219 Å². The molecule has 0 radical (unpaired) electrons. The monoisotopic (exact) mass is 490 g/mol. The first-order valence-electron chi connectivity index (χ1n) is 14.6. The molecule has 0 saturated heterocycles. The zero-order chi connectivity index (χ0) is 25.7. The summed E-state index contributed by atoms with van der Waals surface area (Å²) in [6, 6.07) is 0. The maximum atomic E-state index is 6.02. The van der Waals surface area contributed by atoms with Crippen LogP contribution in [0.3, 0.4) is 0 Å². The summed E-state index contributed by atoms with van der Waals surface area (Å²) in [6.07, 6.45) is 39.2. The summed E-state index contributed by atoms with van der Waals surface area (Å²) < 4.78 is 17.1. The third-order valence-corrected chi connectivity index (χ3v) is 6.07. The van der Waals surface area contributed by atoms with Crippen LogP contribution in [0.2, 0.25) is 0 Å². The second-order valence-electron chi connectivity index (χ2n) is 9.36. The summed E-state index contributed by atoms with van der Waals surface area (Å²) >= 11 is 0.